The van der Waals surface area contributed by atoms with Gasteiger partial charge in [-0.1, -0.05) is 29.3 Å². The summed E-state index contributed by atoms with van der Waals surface area (Å²) >= 11 is 11.6. The number of hydrogen-bond acceptors (Lipinski definition) is 3. The molecule has 0 aromatic heterocycles. The maximum atomic E-state index is 14.1. The summed E-state index contributed by atoms with van der Waals surface area (Å²) in [7, 11) is -3.88. The standard InChI is InChI=1S/C22H16Cl2F2N2O3S/c23-14-4-7-16(8-5-14)32(30,31)28-11-1-2-13-3-6-15(12-19(13)28)27-22(29)20-17(25)9-10-18(26)21(20)24/h3-10,12H,1-2,11H2,(H,27,29). The predicted octanol–water partition coefficient (Wildman–Crippen LogP) is 5.67. The highest BCUT2D eigenvalue weighted by Crippen LogP contribution is 2.35. The highest BCUT2D eigenvalue weighted by Gasteiger charge is 2.29. The molecule has 0 radical (unpaired) electrons. The summed E-state index contributed by atoms with van der Waals surface area (Å²) in [5.74, 6) is -2.85. The van der Waals surface area contributed by atoms with Crippen molar-refractivity contribution in [2.45, 2.75) is 17.7 Å². The Morgan fingerprint density at radius 1 is 0.969 bits per heavy atom. The van der Waals surface area contributed by atoms with Gasteiger partial charge in [0.1, 0.15) is 11.6 Å². The zero-order valence-electron chi connectivity index (χ0n) is 16.4. The minimum absolute atomic E-state index is 0.0813. The van der Waals surface area contributed by atoms with Gasteiger partial charge in [0.05, 0.1) is 21.2 Å². The quantitative estimate of drug-likeness (QED) is 0.473. The van der Waals surface area contributed by atoms with Crippen LogP contribution in [0.4, 0.5) is 20.2 Å². The number of fused-ring (bicyclic) bond motifs is 1. The Kier molecular flexibility index (Phi) is 6.11. The zero-order chi connectivity index (χ0) is 23.0. The lowest BCUT2D eigenvalue weighted by molar-refractivity contribution is 0.102. The van der Waals surface area contributed by atoms with E-state index in [1.54, 1.807) is 12.1 Å². The molecule has 4 rings (SSSR count). The second kappa shape index (κ2) is 8.69. The highest BCUT2D eigenvalue weighted by atomic mass is 35.5. The van der Waals surface area contributed by atoms with Crippen LogP contribution in [0.15, 0.2) is 59.5 Å². The van der Waals surface area contributed by atoms with E-state index in [0.29, 0.717) is 23.6 Å². The number of nitrogens with one attached hydrogen (secondary N) is 1. The molecule has 0 saturated heterocycles. The molecule has 0 atom stereocenters. The third-order valence-electron chi connectivity index (χ3n) is 5.09. The molecule has 1 aliphatic heterocycles. The number of carbonyl (C=O) groups is 1. The topological polar surface area (TPSA) is 66.5 Å². The molecule has 0 unspecified atom stereocenters. The van der Waals surface area contributed by atoms with Gasteiger partial charge in [-0.3, -0.25) is 9.10 Å². The second-order valence-corrected chi connectivity index (χ2v) is 9.83. The van der Waals surface area contributed by atoms with E-state index in [9.17, 15) is 22.0 Å². The van der Waals surface area contributed by atoms with Gasteiger partial charge < -0.3 is 5.32 Å². The molecule has 5 nitrogen and oxygen atoms in total. The fourth-order valence-electron chi connectivity index (χ4n) is 3.53. The van der Waals surface area contributed by atoms with E-state index >= 15 is 0 Å². The average Bonchev–Trinajstić information content (AvgIpc) is 2.76. The fraction of sp³-hybridized carbons (Fsp3) is 0.136. The molecule has 1 amide bonds. The van der Waals surface area contributed by atoms with Crippen LogP contribution in [0, 0.1) is 11.6 Å². The van der Waals surface area contributed by atoms with Crippen molar-refractivity contribution in [3.8, 4) is 0 Å². The highest BCUT2D eigenvalue weighted by molar-refractivity contribution is 7.92. The Labute approximate surface area is 193 Å². The Hall–Kier alpha value is -2.68. The lowest BCUT2D eigenvalue weighted by Crippen LogP contribution is -2.35. The molecule has 0 fully saturated rings. The van der Waals surface area contributed by atoms with Gasteiger partial charge in [-0.15, -0.1) is 0 Å². The van der Waals surface area contributed by atoms with Crippen molar-refractivity contribution in [1.82, 2.24) is 0 Å². The first-order valence-electron chi connectivity index (χ1n) is 9.54. The molecular weight excluding hydrogens is 481 g/mol. The Morgan fingerprint density at radius 3 is 2.38 bits per heavy atom. The summed E-state index contributed by atoms with van der Waals surface area (Å²) in [4.78, 5) is 12.6. The Morgan fingerprint density at radius 2 is 1.66 bits per heavy atom. The van der Waals surface area contributed by atoms with E-state index in [1.807, 2.05) is 0 Å². The van der Waals surface area contributed by atoms with Gasteiger partial charge in [-0.25, -0.2) is 17.2 Å². The van der Waals surface area contributed by atoms with Crippen molar-refractivity contribution in [1.29, 1.82) is 0 Å². The van der Waals surface area contributed by atoms with Crippen LogP contribution in [-0.2, 0) is 16.4 Å². The van der Waals surface area contributed by atoms with E-state index in [0.717, 1.165) is 17.7 Å². The van der Waals surface area contributed by atoms with Gasteiger partial charge in [0.25, 0.3) is 15.9 Å². The first-order chi connectivity index (χ1) is 15.2. The monoisotopic (exact) mass is 496 g/mol. The van der Waals surface area contributed by atoms with Gasteiger partial charge in [0, 0.05) is 17.3 Å². The summed E-state index contributed by atoms with van der Waals surface area (Å²) in [6, 6.07) is 12.2. The molecule has 10 heteroatoms. The third-order valence-corrected chi connectivity index (χ3v) is 7.54. The second-order valence-electron chi connectivity index (χ2n) is 7.15. The average molecular weight is 497 g/mol. The van der Waals surface area contributed by atoms with Gasteiger partial charge in [-0.2, -0.15) is 0 Å². The van der Waals surface area contributed by atoms with Crippen LogP contribution in [0.2, 0.25) is 10.0 Å². The van der Waals surface area contributed by atoms with Crippen LogP contribution in [0.25, 0.3) is 0 Å². The lowest BCUT2D eigenvalue weighted by Gasteiger charge is -2.31. The maximum absolute atomic E-state index is 14.1. The molecule has 3 aromatic carbocycles. The first kappa shape index (κ1) is 22.5. The minimum Gasteiger partial charge on any atom is -0.322 e. The van der Waals surface area contributed by atoms with E-state index in [1.165, 1.54) is 34.6 Å². The number of nitrogens with zero attached hydrogens (tertiary/aromatic N) is 1. The normalized spacial score (nSPS) is 13.6. The summed E-state index contributed by atoms with van der Waals surface area (Å²) in [6.07, 6.45) is 1.27. The van der Waals surface area contributed by atoms with Crippen molar-refractivity contribution >= 4 is 50.5 Å². The SMILES string of the molecule is O=C(Nc1ccc2c(c1)N(S(=O)(=O)c1ccc(Cl)cc1)CCC2)c1c(F)ccc(F)c1Cl. The van der Waals surface area contributed by atoms with E-state index in [-0.39, 0.29) is 17.1 Å². The Bertz CT molecular complexity index is 1320. The number of carbonyl (C=O) groups excluding carboxylic acids is 1. The molecule has 0 bridgehead atoms. The molecule has 32 heavy (non-hydrogen) atoms. The van der Waals surface area contributed by atoms with Crippen molar-refractivity contribution in [3.05, 3.63) is 87.4 Å². The zero-order valence-corrected chi connectivity index (χ0v) is 18.7. The minimum atomic E-state index is -3.88. The van der Waals surface area contributed by atoms with Crippen LogP contribution < -0.4 is 9.62 Å². The summed E-state index contributed by atoms with van der Waals surface area (Å²) in [5.41, 5.74) is 0.762. The molecular formula is C22H16Cl2F2N2O3S. The Balaban J connectivity index is 1.69. The summed E-state index contributed by atoms with van der Waals surface area (Å²) < 4.78 is 55.5. The number of sulfonamides is 1. The van der Waals surface area contributed by atoms with Gasteiger partial charge in [-0.05, 0) is 66.9 Å². The largest absolute Gasteiger partial charge is 0.322 e. The van der Waals surface area contributed by atoms with Crippen molar-refractivity contribution in [2.75, 3.05) is 16.2 Å². The molecule has 1 aliphatic rings. The molecule has 166 valence electrons. The van der Waals surface area contributed by atoms with Crippen molar-refractivity contribution in [3.63, 3.8) is 0 Å². The van der Waals surface area contributed by atoms with E-state index in [2.05, 4.69) is 5.32 Å². The summed E-state index contributed by atoms with van der Waals surface area (Å²) in [5, 5.41) is 2.25. The first-order valence-corrected chi connectivity index (χ1v) is 11.7. The van der Waals surface area contributed by atoms with Crippen LogP contribution in [-0.4, -0.2) is 20.9 Å². The predicted molar refractivity (Wildman–Crippen MR) is 120 cm³/mol. The molecule has 0 saturated carbocycles. The van der Waals surface area contributed by atoms with Crippen LogP contribution in [0.5, 0.6) is 0 Å². The van der Waals surface area contributed by atoms with E-state index in [4.69, 9.17) is 23.2 Å². The molecule has 0 spiro atoms. The molecule has 3 aromatic rings. The van der Waals surface area contributed by atoms with Crippen LogP contribution >= 0.6 is 23.2 Å². The number of rotatable bonds is 4. The van der Waals surface area contributed by atoms with Crippen LogP contribution in [0.3, 0.4) is 0 Å². The molecule has 1 heterocycles. The molecule has 1 N–H and O–H groups in total. The number of anilines is 2. The number of benzene rings is 3. The maximum Gasteiger partial charge on any atom is 0.264 e. The van der Waals surface area contributed by atoms with E-state index < -0.39 is 38.2 Å². The lowest BCUT2D eigenvalue weighted by atomic mass is 10.0. The number of halogens is 4. The number of hydrogen-bond donors (Lipinski definition) is 1. The number of amides is 1. The molecule has 0 aliphatic carbocycles. The van der Waals surface area contributed by atoms with Gasteiger partial charge in [0.2, 0.25) is 0 Å². The van der Waals surface area contributed by atoms with Gasteiger partial charge >= 0.3 is 0 Å². The third kappa shape index (κ3) is 4.18. The fourth-order valence-corrected chi connectivity index (χ4v) is 5.43. The van der Waals surface area contributed by atoms with Crippen LogP contribution in [0.1, 0.15) is 22.3 Å². The van der Waals surface area contributed by atoms with Crippen molar-refractivity contribution in [2.24, 2.45) is 0 Å². The van der Waals surface area contributed by atoms with Gasteiger partial charge in [0.15, 0.2) is 0 Å². The summed E-state index contributed by atoms with van der Waals surface area (Å²) in [6.45, 7) is 0.250. The number of aryl methyl sites for hydroxylation is 1. The smallest absolute Gasteiger partial charge is 0.264 e. The van der Waals surface area contributed by atoms with Crippen molar-refractivity contribution < 1.29 is 22.0 Å².